The normalized spacial score (nSPS) is 19.1. The Morgan fingerprint density at radius 1 is 0.423 bits per heavy atom. The van der Waals surface area contributed by atoms with Gasteiger partial charge in [0.15, 0.2) is 0 Å². The van der Waals surface area contributed by atoms with Crippen LogP contribution >= 0.6 is 0 Å². The summed E-state index contributed by atoms with van der Waals surface area (Å²) in [5.74, 6) is -21.8. The molecule has 149 heavy (non-hydrogen) atoms. The first-order valence-corrected chi connectivity index (χ1v) is 47.9. The van der Waals surface area contributed by atoms with Gasteiger partial charge in [-0.05, 0) is 108 Å². The van der Waals surface area contributed by atoms with Crippen LogP contribution in [0.3, 0.4) is 0 Å². The van der Waals surface area contributed by atoms with E-state index in [1.807, 2.05) is 0 Å². The summed E-state index contributed by atoms with van der Waals surface area (Å²) in [6.45, 7) is 0.298. The average molecular weight is 2040 g/mol. The van der Waals surface area contributed by atoms with Gasteiger partial charge in [-0.25, -0.2) is 9.78 Å². The number of aliphatic hydroxyl groups is 1. The molecule has 780 valence electrons. The van der Waals surface area contributed by atoms with Gasteiger partial charge in [0.25, 0.3) is 0 Å². The molecule has 0 radical (unpaired) electrons. The number of aliphatic carboxylic acids is 1. The Balaban J connectivity index is 0.776. The van der Waals surface area contributed by atoms with Crippen molar-refractivity contribution < 1.29 is 112 Å². The van der Waals surface area contributed by atoms with Gasteiger partial charge >= 0.3 is 5.97 Å². The van der Waals surface area contributed by atoms with Crippen LogP contribution in [0.25, 0.3) is 32.7 Å². The molecular weight excluding hydrogens is 1930 g/mol. The number of imidazole rings is 1. The molecular formula is C103H115N23O23. The first kappa shape index (κ1) is 108. The third-order valence-corrected chi connectivity index (χ3v) is 25.3. The van der Waals surface area contributed by atoms with Crippen molar-refractivity contribution in [1.29, 1.82) is 0 Å². The molecule has 13 rings (SSSR count). The number of hydrogen-bond donors (Lipinski definition) is 25. The standard InChI is InChI=1S/C103H115N23O23/c1-54-102(147)126-35-15-26-83(126)100(145)123-81(46-85(131)110-51-87(133)114-72(90(105)135)45-86(132)115-77(40-60-47-107-69-23-12-9-20-66(60)69)96(141)121-79(43-63-50-106-53-112-63)91(136)111-52-88(134)125-89(55(2)127)101(146)113-54)99(144)120-78(41-61-48-108-70-24-13-10-21-67(61)70)97(142)118-73(36-56-16-5-3-6-17-56)92(137)116-74(37-57-18-7-4-8-19-57)94(139)122-80(44-84(104)130)98(143)119-75(38-58-27-31-64(128)32-28-58)93(138)117-76(39-59-29-33-65(129)34-30-59)95(140)124-82(103(148)149)42-62-49-109-71-25-14-11-22-68(62)71/h3-14,16-25,27-34,47-50,53-55,72-83,89,107-109,127-129H,15,26,35-46,51-52H2,1-2H3,(H2,104,130)(H2,105,135)(H,106,112)(H,110,131)(H,111,136)(H,113,146)(H,114,133)(H,115,132)(H,116,137)(H,117,138)(H,118,142)(H,119,143)(H,120,144)(H,121,141)(H,122,139)(H,123,145)(H,124,140)(H,125,134)(H,148,149)/t54-,55+,72?,73-,74-,75-,76-,77-,78-,79-,80-,81-,82-,83-,89-/m0/s1. The summed E-state index contributed by atoms with van der Waals surface area (Å²) in [7, 11) is 0. The number of phenolic OH excluding ortho intramolecular Hbond substituents is 2. The number of amides is 18. The second-order valence-corrected chi connectivity index (χ2v) is 36.4. The fourth-order valence-electron chi connectivity index (χ4n) is 17.5. The minimum atomic E-state index is -2.10. The Morgan fingerprint density at radius 2 is 0.852 bits per heavy atom. The van der Waals surface area contributed by atoms with Crippen LogP contribution in [0, 0.1) is 0 Å². The molecule has 0 aliphatic carbocycles. The van der Waals surface area contributed by atoms with E-state index in [1.54, 1.807) is 146 Å². The van der Waals surface area contributed by atoms with Crippen LogP contribution < -0.4 is 91.2 Å². The molecule has 46 heteroatoms. The average Bonchev–Trinajstić information content (AvgIpc) is 1.65. The van der Waals surface area contributed by atoms with Crippen molar-refractivity contribution in [2.24, 2.45) is 11.5 Å². The lowest BCUT2D eigenvalue weighted by Gasteiger charge is -2.30. The predicted octanol–water partition coefficient (Wildman–Crippen LogP) is -2.33. The molecule has 46 nitrogen and oxygen atoms in total. The number of carboxylic acids is 1. The smallest absolute Gasteiger partial charge is 0.326 e. The van der Waals surface area contributed by atoms with Gasteiger partial charge in [0, 0.05) is 121 Å². The zero-order chi connectivity index (χ0) is 107. The molecule has 18 amide bonds. The van der Waals surface area contributed by atoms with Gasteiger partial charge in [-0.15, -0.1) is 0 Å². The largest absolute Gasteiger partial charge is 0.508 e. The minimum Gasteiger partial charge on any atom is -0.508 e. The number of phenols is 2. The number of hydrogen-bond acceptors (Lipinski definition) is 23. The molecule has 7 aromatic carbocycles. The highest BCUT2D eigenvalue weighted by molar-refractivity contribution is 6.04. The number of aliphatic hydroxyl groups excluding tert-OH is 1. The minimum absolute atomic E-state index is 0.115. The Morgan fingerprint density at radius 3 is 1.34 bits per heavy atom. The third-order valence-electron chi connectivity index (χ3n) is 25.3. The molecule has 11 aromatic rings. The number of aromatic hydroxyl groups is 2. The van der Waals surface area contributed by atoms with Crippen LogP contribution in [0.2, 0.25) is 0 Å². The highest BCUT2D eigenvalue weighted by atomic mass is 16.4. The highest BCUT2D eigenvalue weighted by Gasteiger charge is 2.43. The van der Waals surface area contributed by atoms with Gasteiger partial charge in [-0.1, -0.05) is 140 Å². The number of aromatic amines is 4. The van der Waals surface area contributed by atoms with Crippen molar-refractivity contribution >= 4 is 145 Å². The summed E-state index contributed by atoms with van der Waals surface area (Å²) in [5, 5.41) is 81.7. The van der Waals surface area contributed by atoms with Crippen LogP contribution in [0.1, 0.15) is 90.6 Å². The number of H-pyrrole nitrogens is 4. The topological polar surface area (TPSA) is 717 Å². The fourth-order valence-corrected chi connectivity index (χ4v) is 17.5. The second kappa shape index (κ2) is 50.9. The zero-order valence-electron chi connectivity index (χ0n) is 80.8. The van der Waals surface area contributed by atoms with Gasteiger partial charge in [-0.2, -0.15) is 0 Å². The Labute approximate surface area is 850 Å². The van der Waals surface area contributed by atoms with E-state index in [0.717, 1.165) is 11.8 Å². The van der Waals surface area contributed by atoms with Gasteiger partial charge in [0.1, 0.15) is 96.1 Å². The van der Waals surface area contributed by atoms with Crippen molar-refractivity contribution in [3.05, 3.63) is 258 Å². The molecule has 6 heterocycles. The van der Waals surface area contributed by atoms with Gasteiger partial charge < -0.3 is 136 Å². The van der Waals surface area contributed by atoms with E-state index >= 15 is 33.6 Å². The molecule has 0 bridgehead atoms. The third kappa shape index (κ3) is 30.3. The van der Waals surface area contributed by atoms with Crippen molar-refractivity contribution in [2.75, 3.05) is 19.6 Å². The van der Waals surface area contributed by atoms with E-state index in [-0.39, 0.29) is 63.0 Å². The summed E-state index contributed by atoms with van der Waals surface area (Å²) < 4.78 is 0. The second-order valence-electron chi connectivity index (χ2n) is 36.4. The lowest BCUT2D eigenvalue weighted by Crippen LogP contribution is -2.62. The molecule has 27 N–H and O–H groups in total. The van der Waals surface area contributed by atoms with Crippen LogP contribution in [-0.4, -0.2) is 273 Å². The number of nitrogens with one attached hydrogen (secondary N) is 19. The lowest BCUT2D eigenvalue weighted by atomic mass is 10.00. The molecule has 2 aliphatic heterocycles. The van der Waals surface area contributed by atoms with E-state index in [4.69, 9.17) is 11.5 Å². The molecule has 2 aliphatic rings. The highest BCUT2D eigenvalue weighted by Crippen LogP contribution is 2.27. The summed E-state index contributed by atoms with van der Waals surface area (Å²) in [6, 6.07) is 23.5. The van der Waals surface area contributed by atoms with Crippen molar-refractivity contribution in [3.8, 4) is 11.5 Å². The van der Waals surface area contributed by atoms with E-state index in [2.05, 4.69) is 105 Å². The summed E-state index contributed by atoms with van der Waals surface area (Å²) >= 11 is 0. The van der Waals surface area contributed by atoms with Crippen molar-refractivity contribution in [3.63, 3.8) is 0 Å². The summed E-state index contributed by atoms with van der Waals surface area (Å²) in [5.41, 5.74) is 16.6. The maximum absolute atomic E-state index is 15.9. The molecule has 0 spiro atoms. The maximum Gasteiger partial charge on any atom is 0.326 e. The van der Waals surface area contributed by atoms with Crippen LogP contribution in [0.15, 0.2) is 213 Å². The number of aromatic nitrogens is 5. The fraction of sp³-hybridized carbons (Fsp3) is 0.320. The van der Waals surface area contributed by atoms with E-state index < -0.39 is 255 Å². The number of fused-ring (bicyclic) bond motifs is 4. The van der Waals surface area contributed by atoms with Crippen LogP contribution in [-0.2, 0) is 142 Å². The number of carbonyl (C=O) groups is 19. The molecule has 4 aromatic heterocycles. The van der Waals surface area contributed by atoms with Crippen LogP contribution in [0.5, 0.6) is 11.5 Å². The first-order chi connectivity index (χ1) is 71.4. The van der Waals surface area contributed by atoms with Crippen molar-refractivity contribution in [2.45, 2.75) is 188 Å². The van der Waals surface area contributed by atoms with Crippen molar-refractivity contribution in [1.82, 2.24) is 110 Å². The molecule has 0 saturated carbocycles. The number of rotatable bonds is 35. The van der Waals surface area contributed by atoms with E-state index in [9.17, 15) is 78.0 Å². The van der Waals surface area contributed by atoms with Crippen LogP contribution in [0.4, 0.5) is 0 Å². The summed E-state index contributed by atoms with van der Waals surface area (Å²) in [6.07, 6.45) is -0.164. The zero-order valence-corrected chi connectivity index (χ0v) is 80.8. The molecule has 15 atom stereocenters. The quantitative estimate of drug-likeness (QED) is 0.0198. The molecule has 2 fully saturated rings. The maximum atomic E-state index is 15.9. The molecule has 1 unspecified atom stereocenters. The predicted molar refractivity (Wildman–Crippen MR) is 535 cm³/mol. The lowest BCUT2D eigenvalue weighted by molar-refractivity contribution is -0.143. The number of benzene rings is 7. The Kier molecular flexibility index (Phi) is 36.9. The van der Waals surface area contributed by atoms with Gasteiger partial charge in [0.05, 0.1) is 44.8 Å². The van der Waals surface area contributed by atoms with Gasteiger partial charge in [0.2, 0.25) is 106 Å². The Bertz CT molecular complexity index is 6740. The van der Waals surface area contributed by atoms with E-state index in [1.165, 1.54) is 74.2 Å². The SMILES string of the molecule is C[C@@H]1NC(=O)[C@H]([C@@H](C)O)NC(=O)CNC(=O)[C@H](Cc2cnc[nH]2)NC(=O)[C@H](Cc2c[nH]c3ccccc23)NC(=O)CC(C(N)=O)NC(=O)CNC(=O)C[C@@H](C(=O)N[C@@H](Cc2c[nH]c3ccccc23)C(=O)N[C@@H](Cc2ccccc2)C(=O)N[C@@H](Cc2ccccc2)C(=O)N[C@@H](CC(N)=O)C(=O)N[C@@H](Cc2ccc(O)cc2)C(=O)N[C@@H](Cc2ccc(O)cc2)C(=O)N[C@@H](Cc2c[nH]c3ccccc23)C(=O)O)NC(=O)[C@@H]2CCCN2C1=O. The number of primary amides is 2. The number of carbonyl (C=O) groups excluding carboxylic acids is 18. The number of carboxylic acid groups (broad SMARTS) is 1. The van der Waals surface area contributed by atoms with Gasteiger partial charge in [-0.3, -0.25) is 86.3 Å². The molecule has 2 saturated heterocycles. The number of nitrogens with two attached hydrogens (primary N) is 2. The number of nitrogens with zero attached hydrogens (tertiary/aromatic N) is 2. The van der Waals surface area contributed by atoms with E-state index in [0.29, 0.717) is 77.3 Å². The first-order valence-electron chi connectivity index (χ1n) is 47.9. The summed E-state index contributed by atoms with van der Waals surface area (Å²) in [4.78, 5) is 294. The Hall–Kier alpha value is -18.1. The number of para-hydroxylation sites is 3. The monoisotopic (exact) mass is 2040 g/mol.